The molecule has 2 atom stereocenters. The third kappa shape index (κ3) is 5.83. The molecule has 1 aromatic carbocycles. The highest BCUT2D eigenvalue weighted by molar-refractivity contribution is 6.68. The van der Waals surface area contributed by atoms with Gasteiger partial charge in [-0.2, -0.15) is 0 Å². The number of ether oxygens (including phenoxy) is 1. The van der Waals surface area contributed by atoms with Crippen molar-refractivity contribution in [3.8, 4) is 0 Å². The first-order valence-corrected chi connectivity index (χ1v) is 7.37. The molecule has 0 amide bonds. The quantitative estimate of drug-likeness (QED) is 0.415. The Balaban J connectivity index is 2.88. The molecule has 0 N–H and O–H groups in total. The van der Waals surface area contributed by atoms with Crippen LogP contribution in [0.25, 0.3) is 0 Å². The third-order valence-corrected chi connectivity index (χ3v) is 3.46. The maximum atomic E-state index is 10.7. The standard InChI is InChI=1S/C13H16Cl3NO3/c1-2-6-11(10-7-4-3-5-8-10)20-12(9-17(18)19)13(14,15)16/h3-5,7-8,11-12H,2,6,9H2,1H3/t11-,12+/m0/s1. The van der Waals surface area contributed by atoms with Gasteiger partial charge in [-0.25, -0.2) is 0 Å². The second-order valence-corrected chi connectivity index (χ2v) is 6.74. The number of rotatable bonds is 7. The zero-order valence-electron chi connectivity index (χ0n) is 11.0. The molecule has 20 heavy (non-hydrogen) atoms. The summed E-state index contributed by atoms with van der Waals surface area (Å²) in [6.45, 7) is 1.45. The molecule has 0 unspecified atom stereocenters. The van der Waals surface area contributed by atoms with Crippen molar-refractivity contribution >= 4 is 34.8 Å². The van der Waals surface area contributed by atoms with Gasteiger partial charge in [0.2, 0.25) is 10.3 Å². The summed E-state index contributed by atoms with van der Waals surface area (Å²) in [4.78, 5) is 10.1. The van der Waals surface area contributed by atoms with Crippen molar-refractivity contribution in [3.63, 3.8) is 0 Å². The van der Waals surface area contributed by atoms with Gasteiger partial charge in [-0.05, 0) is 12.0 Å². The van der Waals surface area contributed by atoms with Gasteiger partial charge in [0, 0.05) is 4.92 Å². The van der Waals surface area contributed by atoms with E-state index in [0.717, 1.165) is 12.0 Å². The molecule has 1 rings (SSSR count). The van der Waals surface area contributed by atoms with Crippen molar-refractivity contribution in [2.24, 2.45) is 0 Å². The molecule has 0 saturated carbocycles. The van der Waals surface area contributed by atoms with Crippen LogP contribution in [0, 0.1) is 10.1 Å². The predicted molar refractivity (Wildman–Crippen MR) is 81.1 cm³/mol. The van der Waals surface area contributed by atoms with Crippen LogP contribution in [0.1, 0.15) is 31.4 Å². The summed E-state index contributed by atoms with van der Waals surface area (Å²) in [6.07, 6.45) is 0.116. The van der Waals surface area contributed by atoms with E-state index in [1.165, 1.54) is 0 Å². The molecule has 112 valence electrons. The number of hydrogen-bond acceptors (Lipinski definition) is 3. The van der Waals surface area contributed by atoms with Crippen LogP contribution >= 0.6 is 34.8 Å². The Labute approximate surface area is 133 Å². The Hall–Kier alpha value is -0.550. The fourth-order valence-electron chi connectivity index (χ4n) is 1.80. The van der Waals surface area contributed by atoms with E-state index in [0.29, 0.717) is 6.42 Å². The monoisotopic (exact) mass is 339 g/mol. The SMILES string of the molecule is CCC[C@H](O[C@H](C[N+](=O)[O-])C(Cl)(Cl)Cl)c1ccccc1. The first-order valence-electron chi connectivity index (χ1n) is 6.23. The van der Waals surface area contributed by atoms with E-state index in [1.54, 1.807) is 0 Å². The van der Waals surface area contributed by atoms with Gasteiger partial charge in [-0.15, -0.1) is 0 Å². The van der Waals surface area contributed by atoms with Gasteiger partial charge in [-0.1, -0.05) is 78.5 Å². The van der Waals surface area contributed by atoms with Crippen LogP contribution in [0.4, 0.5) is 0 Å². The maximum Gasteiger partial charge on any atom is 0.233 e. The van der Waals surface area contributed by atoms with Gasteiger partial charge < -0.3 is 4.74 Å². The molecule has 1 aromatic rings. The highest BCUT2D eigenvalue weighted by Gasteiger charge is 2.39. The normalized spacial score (nSPS) is 14.8. The molecule has 0 bridgehead atoms. The van der Waals surface area contributed by atoms with Gasteiger partial charge in [0.15, 0.2) is 6.10 Å². The molecular weight excluding hydrogens is 325 g/mol. The first kappa shape index (κ1) is 17.5. The lowest BCUT2D eigenvalue weighted by molar-refractivity contribution is -0.492. The summed E-state index contributed by atoms with van der Waals surface area (Å²) >= 11 is 17.3. The first-order chi connectivity index (χ1) is 9.34. The lowest BCUT2D eigenvalue weighted by atomic mass is 10.1. The molecule has 4 nitrogen and oxygen atoms in total. The minimum absolute atomic E-state index is 0.332. The second kappa shape index (κ2) is 8.03. The molecule has 0 heterocycles. The Morgan fingerprint density at radius 3 is 2.35 bits per heavy atom. The average Bonchev–Trinajstić information content (AvgIpc) is 2.36. The summed E-state index contributed by atoms with van der Waals surface area (Å²) in [5.41, 5.74) is 0.914. The predicted octanol–water partition coefficient (Wildman–Crippen LogP) is 4.56. The highest BCUT2D eigenvalue weighted by atomic mass is 35.6. The minimum Gasteiger partial charge on any atom is -0.359 e. The number of hydrogen-bond donors (Lipinski definition) is 0. The summed E-state index contributed by atoms with van der Waals surface area (Å²) in [7, 11) is 0. The van der Waals surface area contributed by atoms with Crippen LogP contribution in [0.5, 0.6) is 0 Å². The maximum absolute atomic E-state index is 10.7. The van der Waals surface area contributed by atoms with Gasteiger partial charge >= 0.3 is 0 Å². The molecule has 0 spiro atoms. The van der Waals surface area contributed by atoms with Gasteiger partial charge in [-0.3, -0.25) is 10.1 Å². The zero-order chi connectivity index (χ0) is 15.2. The molecule has 0 fully saturated rings. The Morgan fingerprint density at radius 2 is 1.90 bits per heavy atom. The Morgan fingerprint density at radius 1 is 1.30 bits per heavy atom. The van der Waals surface area contributed by atoms with Crippen LogP contribution in [-0.2, 0) is 4.74 Å². The lowest BCUT2D eigenvalue weighted by Gasteiger charge is -2.27. The van der Waals surface area contributed by atoms with E-state index in [1.807, 2.05) is 37.3 Å². The van der Waals surface area contributed by atoms with Crippen LogP contribution in [0.15, 0.2) is 30.3 Å². The molecule has 0 aromatic heterocycles. The van der Waals surface area contributed by atoms with Crippen molar-refractivity contribution in [1.82, 2.24) is 0 Å². The fraction of sp³-hybridized carbons (Fsp3) is 0.538. The van der Waals surface area contributed by atoms with E-state index in [-0.39, 0.29) is 6.10 Å². The number of halogens is 3. The molecule has 7 heteroatoms. The highest BCUT2D eigenvalue weighted by Crippen LogP contribution is 2.36. The number of nitrogens with zero attached hydrogens (tertiary/aromatic N) is 1. The van der Waals surface area contributed by atoms with E-state index in [9.17, 15) is 10.1 Å². The molecular formula is C13H16Cl3NO3. The smallest absolute Gasteiger partial charge is 0.233 e. The molecule has 0 radical (unpaired) electrons. The Kier molecular flexibility index (Phi) is 7.03. The molecule has 0 aliphatic heterocycles. The van der Waals surface area contributed by atoms with E-state index < -0.39 is 21.4 Å². The summed E-state index contributed by atoms with van der Waals surface area (Å²) in [5.74, 6) is 0. The van der Waals surface area contributed by atoms with Crippen LogP contribution in [0.3, 0.4) is 0 Å². The number of nitro groups is 1. The third-order valence-electron chi connectivity index (χ3n) is 2.73. The molecule has 0 aliphatic rings. The van der Waals surface area contributed by atoms with Crippen LogP contribution in [-0.4, -0.2) is 21.4 Å². The van der Waals surface area contributed by atoms with Gasteiger partial charge in [0.05, 0.1) is 6.10 Å². The van der Waals surface area contributed by atoms with Crippen molar-refractivity contribution in [3.05, 3.63) is 46.0 Å². The molecule has 0 aliphatic carbocycles. The van der Waals surface area contributed by atoms with Crippen LogP contribution < -0.4 is 0 Å². The summed E-state index contributed by atoms with van der Waals surface area (Å²) in [6, 6.07) is 9.41. The summed E-state index contributed by atoms with van der Waals surface area (Å²) < 4.78 is 3.88. The van der Waals surface area contributed by atoms with Gasteiger partial charge in [0.25, 0.3) is 0 Å². The second-order valence-electron chi connectivity index (χ2n) is 4.37. The number of alkyl halides is 3. The van der Waals surface area contributed by atoms with Crippen molar-refractivity contribution in [2.45, 2.75) is 35.8 Å². The van der Waals surface area contributed by atoms with Crippen LogP contribution in [0.2, 0.25) is 0 Å². The Bertz CT molecular complexity index is 423. The fourth-order valence-corrected chi connectivity index (χ4v) is 2.16. The average molecular weight is 341 g/mol. The summed E-state index contributed by atoms with van der Waals surface area (Å²) in [5, 5.41) is 10.7. The minimum atomic E-state index is -1.84. The number of benzene rings is 1. The zero-order valence-corrected chi connectivity index (χ0v) is 13.2. The van der Waals surface area contributed by atoms with Crippen molar-refractivity contribution < 1.29 is 9.66 Å². The molecule has 0 saturated heterocycles. The van der Waals surface area contributed by atoms with E-state index in [2.05, 4.69) is 0 Å². The lowest BCUT2D eigenvalue weighted by Crippen LogP contribution is -2.36. The van der Waals surface area contributed by atoms with E-state index >= 15 is 0 Å². The van der Waals surface area contributed by atoms with Gasteiger partial charge in [0.1, 0.15) is 0 Å². The van der Waals surface area contributed by atoms with Crippen molar-refractivity contribution in [1.29, 1.82) is 0 Å². The van der Waals surface area contributed by atoms with Crippen molar-refractivity contribution in [2.75, 3.05) is 6.54 Å². The van der Waals surface area contributed by atoms with E-state index in [4.69, 9.17) is 39.5 Å². The largest absolute Gasteiger partial charge is 0.359 e. The topological polar surface area (TPSA) is 52.4 Å².